The van der Waals surface area contributed by atoms with Crippen LogP contribution in [0, 0.1) is 11.8 Å². The van der Waals surface area contributed by atoms with Crippen LogP contribution in [-0.4, -0.2) is 60.3 Å². The van der Waals surface area contributed by atoms with Crippen molar-refractivity contribution in [3.8, 4) is 0 Å². The first-order valence-corrected chi connectivity index (χ1v) is 11.6. The van der Waals surface area contributed by atoms with Crippen LogP contribution in [0.15, 0.2) is 6.20 Å². The molecule has 1 amide bonds. The Hall–Kier alpha value is -1.91. The zero-order valence-corrected chi connectivity index (χ0v) is 17.0. The Bertz CT molecular complexity index is 846. The van der Waals surface area contributed by atoms with Crippen LogP contribution in [-0.2, 0) is 16.0 Å². The lowest BCUT2D eigenvalue weighted by molar-refractivity contribution is -0.141. The number of nitrogens with zero attached hydrogens (tertiary/aromatic N) is 3. The van der Waals surface area contributed by atoms with Gasteiger partial charge in [-0.05, 0) is 24.7 Å². The van der Waals surface area contributed by atoms with Gasteiger partial charge in [-0.25, -0.2) is 18.4 Å². The minimum Gasteiger partial charge on any atom is -0.354 e. The molecule has 1 aromatic heterocycles. The van der Waals surface area contributed by atoms with E-state index < -0.39 is 33.2 Å². The number of aromatic nitrogens is 2. The monoisotopic (exact) mass is 434 g/mol. The van der Waals surface area contributed by atoms with Gasteiger partial charge >= 0.3 is 6.18 Å². The molecule has 29 heavy (non-hydrogen) atoms. The van der Waals surface area contributed by atoms with E-state index in [0.717, 1.165) is 36.8 Å². The van der Waals surface area contributed by atoms with Gasteiger partial charge in [0.25, 0.3) is 5.91 Å². The second kappa shape index (κ2) is 8.45. The highest BCUT2D eigenvalue weighted by Crippen LogP contribution is 2.34. The number of sulfone groups is 1. The summed E-state index contributed by atoms with van der Waals surface area (Å²) in [6.07, 6.45) is 0.326. The Morgan fingerprint density at radius 3 is 2.48 bits per heavy atom. The predicted octanol–water partition coefficient (Wildman–Crippen LogP) is 2.60. The molecule has 2 heterocycles. The average Bonchev–Trinajstić information content (AvgIpc) is 3.13. The van der Waals surface area contributed by atoms with E-state index in [0.29, 0.717) is 18.4 Å². The van der Waals surface area contributed by atoms with Gasteiger partial charge in [0.2, 0.25) is 5.95 Å². The van der Waals surface area contributed by atoms with Crippen molar-refractivity contribution in [2.24, 2.45) is 11.8 Å². The molecule has 1 aliphatic heterocycles. The Balaban J connectivity index is 1.73. The minimum atomic E-state index is -4.83. The number of hydrogen-bond acceptors (Lipinski definition) is 6. The molecule has 2 atom stereocenters. The molecule has 0 spiro atoms. The molecule has 1 saturated carbocycles. The highest BCUT2D eigenvalue weighted by atomic mass is 32.2. The predicted molar refractivity (Wildman–Crippen MR) is 101 cm³/mol. The third-order valence-corrected chi connectivity index (χ3v) is 7.30. The lowest BCUT2D eigenvalue weighted by atomic mass is 10.0. The molecule has 3 rings (SSSR count). The van der Waals surface area contributed by atoms with Gasteiger partial charge in [0, 0.05) is 25.8 Å². The summed E-state index contributed by atoms with van der Waals surface area (Å²) in [6.45, 7) is 2.34. The summed E-state index contributed by atoms with van der Waals surface area (Å²) < 4.78 is 63.6. The van der Waals surface area contributed by atoms with Crippen LogP contribution in [0.5, 0.6) is 0 Å². The molecule has 0 aromatic carbocycles. The van der Waals surface area contributed by atoms with Gasteiger partial charge < -0.3 is 10.2 Å². The molecule has 1 saturated heterocycles. The number of alkyl halides is 3. The lowest BCUT2D eigenvalue weighted by Gasteiger charge is -2.27. The first-order chi connectivity index (χ1) is 13.6. The van der Waals surface area contributed by atoms with Crippen molar-refractivity contribution >= 4 is 21.7 Å². The summed E-state index contributed by atoms with van der Waals surface area (Å²) in [7, 11) is -3.26. The molecule has 7 nitrogen and oxygen atoms in total. The summed E-state index contributed by atoms with van der Waals surface area (Å²) in [5, 5.41) is 2.87. The van der Waals surface area contributed by atoms with Crippen molar-refractivity contribution in [1.29, 1.82) is 0 Å². The van der Waals surface area contributed by atoms with Crippen molar-refractivity contribution in [2.75, 3.05) is 36.5 Å². The zero-order chi connectivity index (χ0) is 21.2. The zero-order valence-electron chi connectivity index (χ0n) is 16.2. The Kier molecular flexibility index (Phi) is 6.35. The van der Waals surface area contributed by atoms with E-state index in [9.17, 15) is 26.4 Å². The molecule has 0 bridgehead atoms. The fourth-order valence-electron chi connectivity index (χ4n) is 3.90. The number of halogens is 3. The van der Waals surface area contributed by atoms with E-state index >= 15 is 0 Å². The number of rotatable bonds is 5. The molecule has 11 heteroatoms. The first-order valence-electron chi connectivity index (χ1n) is 9.77. The molecule has 2 aliphatic rings. The normalized spacial score (nSPS) is 24.5. The highest BCUT2D eigenvalue weighted by Gasteiger charge is 2.40. The fraction of sp³-hybridized carbons (Fsp3) is 0.722. The van der Waals surface area contributed by atoms with Crippen molar-refractivity contribution in [3.63, 3.8) is 0 Å². The van der Waals surface area contributed by atoms with Crippen LogP contribution in [0.3, 0.4) is 0 Å². The highest BCUT2D eigenvalue weighted by molar-refractivity contribution is 7.91. The maximum atomic E-state index is 13.5. The van der Waals surface area contributed by atoms with E-state index in [1.54, 1.807) is 0 Å². The van der Waals surface area contributed by atoms with Gasteiger partial charge in [-0.2, -0.15) is 13.2 Å². The summed E-state index contributed by atoms with van der Waals surface area (Å²) >= 11 is 0. The van der Waals surface area contributed by atoms with Crippen LogP contribution in [0.1, 0.15) is 48.7 Å². The molecule has 162 valence electrons. The van der Waals surface area contributed by atoms with Gasteiger partial charge in [0.1, 0.15) is 0 Å². The van der Waals surface area contributed by atoms with Gasteiger partial charge in [-0.1, -0.05) is 19.8 Å². The van der Waals surface area contributed by atoms with E-state index in [4.69, 9.17) is 0 Å². The molecular weight excluding hydrogens is 409 g/mol. The van der Waals surface area contributed by atoms with Crippen molar-refractivity contribution in [3.05, 3.63) is 17.5 Å². The quantitative estimate of drug-likeness (QED) is 0.766. The minimum absolute atomic E-state index is 0.140. The molecule has 0 radical (unpaired) electrons. The number of nitrogens with one attached hydrogen (secondary N) is 1. The van der Waals surface area contributed by atoms with Crippen molar-refractivity contribution < 1.29 is 26.4 Å². The van der Waals surface area contributed by atoms with E-state index in [1.807, 2.05) is 0 Å². The third-order valence-electron chi connectivity index (χ3n) is 5.70. The summed E-state index contributed by atoms with van der Waals surface area (Å²) in [4.78, 5) is 21.1. The number of amides is 1. The maximum absolute atomic E-state index is 13.5. The van der Waals surface area contributed by atoms with Crippen LogP contribution < -0.4 is 5.32 Å². The number of hydrogen-bond donors (Lipinski definition) is 1. The van der Waals surface area contributed by atoms with Crippen molar-refractivity contribution in [2.45, 2.75) is 38.8 Å². The molecule has 2 fully saturated rings. The average molecular weight is 434 g/mol. The molecule has 1 aromatic rings. The molecule has 1 aliphatic carbocycles. The second-order valence-corrected chi connectivity index (χ2v) is 10.0. The summed E-state index contributed by atoms with van der Waals surface area (Å²) in [6, 6.07) is 0. The molecular formula is C18H25F3N4O3S. The summed E-state index contributed by atoms with van der Waals surface area (Å²) in [5.41, 5.74) is -1.96. The maximum Gasteiger partial charge on any atom is 0.434 e. The third kappa shape index (κ3) is 5.37. The van der Waals surface area contributed by atoms with Gasteiger partial charge in [0.05, 0.1) is 17.1 Å². The standard InChI is InChI=1S/C18H25F3N4O3S/c1-2-12-3-4-13(9-12)10-22-17-23-11-14(15(24-17)18(19,20)21)16(26)25-5-7-29(27,28)8-6-25/h11-13H,2-10H2,1H3,(H,22,23,24)/t12-,13+/m1/s1. The van der Waals surface area contributed by atoms with Crippen LogP contribution in [0.25, 0.3) is 0 Å². The Morgan fingerprint density at radius 1 is 1.24 bits per heavy atom. The fourth-order valence-corrected chi connectivity index (χ4v) is 5.10. The SMILES string of the molecule is CC[C@@H]1CC[C@H](CNc2ncc(C(=O)N3CCS(=O)(=O)CC3)c(C(F)(F)F)n2)C1. The number of carbonyl (C=O) groups is 1. The number of carbonyl (C=O) groups excluding carboxylic acids is 1. The van der Waals surface area contributed by atoms with E-state index in [1.165, 1.54) is 0 Å². The first kappa shape index (κ1) is 21.8. The Labute approximate surface area is 168 Å². The van der Waals surface area contributed by atoms with E-state index in [-0.39, 0.29) is 30.5 Å². The smallest absolute Gasteiger partial charge is 0.354 e. The summed E-state index contributed by atoms with van der Waals surface area (Å²) in [5.74, 6) is -0.562. The topological polar surface area (TPSA) is 92.3 Å². The Morgan fingerprint density at radius 2 is 1.90 bits per heavy atom. The largest absolute Gasteiger partial charge is 0.434 e. The van der Waals surface area contributed by atoms with Gasteiger partial charge in [-0.3, -0.25) is 4.79 Å². The van der Waals surface area contributed by atoms with Crippen LogP contribution in [0.2, 0.25) is 0 Å². The van der Waals surface area contributed by atoms with Crippen LogP contribution >= 0.6 is 0 Å². The second-order valence-electron chi connectivity index (χ2n) is 7.73. The van der Waals surface area contributed by atoms with E-state index in [2.05, 4.69) is 22.2 Å². The van der Waals surface area contributed by atoms with Gasteiger partial charge in [0.15, 0.2) is 15.5 Å². The van der Waals surface area contributed by atoms with Gasteiger partial charge in [-0.15, -0.1) is 0 Å². The molecule has 0 unspecified atom stereocenters. The molecule has 1 N–H and O–H groups in total. The van der Waals surface area contributed by atoms with Crippen molar-refractivity contribution in [1.82, 2.24) is 14.9 Å². The van der Waals surface area contributed by atoms with Crippen LogP contribution in [0.4, 0.5) is 19.1 Å². The lowest BCUT2D eigenvalue weighted by Crippen LogP contribution is -2.44. The number of anilines is 1.